The molecule has 1 saturated carbocycles. The number of halogens is 6. The molecule has 0 unspecified atom stereocenters. The monoisotopic (exact) mass is 559 g/mol. The van der Waals surface area contributed by atoms with Gasteiger partial charge in [0.2, 0.25) is 5.91 Å². The van der Waals surface area contributed by atoms with Crippen molar-refractivity contribution in [1.29, 1.82) is 0 Å². The Labute approximate surface area is 219 Å². The molecule has 2 aromatic carbocycles. The van der Waals surface area contributed by atoms with Crippen LogP contribution in [-0.2, 0) is 4.79 Å². The molecule has 34 heavy (non-hydrogen) atoms. The predicted molar refractivity (Wildman–Crippen MR) is 134 cm³/mol. The lowest BCUT2D eigenvalue weighted by molar-refractivity contribution is -0.117. The lowest BCUT2D eigenvalue weighted by atomic mass is 10.1. The van der Waals surface area contributed by atoms with Gasteiger partial charge in [0.1, 0.15) is 16.0 Å². The Morgan fingerprint density at radius 3 is 2.32 bits per heavy atom. The van der Waals surface area contributed by atoms with Crippen molar-refractivity contribution >= 4 is 81.3 Å². The molecule has 1 aromatic heterocycles. The van der Waals surface area contributed by atoms with E-state index < -0.39 is 33.8 Å². The Bertz CT molecular complexity index is 1300. The van der Waals surface area contributed by atoms with Gasteiger partial charge in [-0.15, -0.1) is 23.2 Å². The highest BCUT2D eigenvalue weighted by Gasteiger charge is 2.67. The Morgan fingerprint density at radius 1 is 1.00 bits per heavy atom. The average Bonchev–Trinajstić information content (AvgIpc) is 3.33. The maximum Gasteiger partial charge on any atom is 0.258 e. The van der Waals surface area contributed by atoms with Crippen LogP contribution in [0.5, 0.6) is 0 Å². The second-order valence-electron chi connectivity index (χ2n) is 7.79. The van der Waals surface area contributed by atoms with Crippen LogP contribution in [0, 0.1) is 18.7 Å². The molecule has 2 amide bonds. The van der Waals surface area contributed by atoms with E-state index in [0.29, 0.717) is 26.9 Å². The van der Waals surface area contributed by atoms with Crippen LogP contribution in [0.1, 0.15) is 27.4 Å². The summed E-state index contributed by atoms with van der Waals surface area (Å²) in [5, 5.41) is 6.22. The number of hydrogen-bond acceptors (Lipinski definition) is 3. The SMILES string of the molecule is Cc1cc(NC(=O)c2cc(NC(=O)[C@H]3[C@H](c4cc(Cl)cc(Cl)c4)C3(Cl)Cl)ccc2Cl)ncc1F. The first-order valence-electron chi connectivity index (χ1n) is 9.85. The van der Waals surface area contributed by atoms with E-state index >= 15 is 0 Å². The van der Waals surface area contributed by atoms with Gasteiger partial charge in [0, 0.05) is 21.7 Å². The molecule has 2 atom stereocenters. The number of aryl methyl sites for hydroxylation is 1. The molecule has 0 bridgehead atoms. The third kappa shape index (κ3) is 5.11. The summed E-state index contributed by atoms with van der Waals surface area (Å²) in [6.45, 7) is 1.55. The molecule has 11 heteroatoms. The fraction of sp³-hybridized carbons (Fsp3) is 0.174. The lowest BCUT2D eigenvalue weighted by Gasteiger charge is -2.10. The quantitative estimate of drug-likeness (QED) is 0.322. The summed E-state index contributed by atoms with van der Waals surface area (Å²) < 4.78 is 12.1. The van der Waals surface area contributed by atoms with Crippen molar-refractivity contribution in [2.45, 2.75) is 17.2 Å². The highest BCUT2D eigenvalue weighted by molar-refractivity contribution is 6.53. The van der Waals surface area contributed by atoms with Crippen molar-refractivity contribution in [3.63, 3.8) is 0 Å². The van der Waals surface area contributed by atoms with E-state index in [1.165, 1.54) is 24.3 Å². The fourth-order valence-electron chi connectivity index (χ4n) is 3.61. The summed E-state index contributed by atoms with van der Waals surface area (Å²) in [5.41, 5.74) is 1.35. The van der Waals surface area contributed by atoms with E-state index in [2.05, 4.69) is 15.6 Å². The number of hydrogen-bond donors (Lipinski definition) is 2. The van der Waals surface area contributed by atoms with Gasteiger partial charge in [-0.05, 0) is 60.5 Å². The van der Waals surface area contributed by atoms with Crippen molar-refractivity contribution < 1.29 is 14.0 Å². The molecule has 1 aliphatic carbocycles. The molecule has 0 saturated heterocycles. The molecule has 1 aliphatic rings. The van der Waals surface area contributed by atoms with Crippen molar-refractivity contribution in [2.75, 3.05) is 10.6 Å². The van der Waals surface area contributed by atoms with Crippen molar-refractivity contribution in [1.82, 2.24) is 4.98 Å². The molecule has 5 nitrogen and oxygen atoms in total. The van der Waals surface area contributed by atoms with Gasteiger partial charge in [-0.3, -0.25) is 9.59 Å². The Balaban J connectivity index is 1.51. The number of anilines is 2. The number of carbonyl (C=O) groups is 2. The number of carbonyl (C=O) groups excluding carboxylic acids is 2. The van der Waals surface area contributed by atoms with Gasteiger partial charge in [-0.25, -0.2) is 9.37 Å². The number of nitrogens with one attached hydrogen (secondary N) is 2. The number of rotatable bonds is 5. The maximum absolute atomic E-state index is 13.4. The van der Waals surface area contributed by atoms with E-state index in [-0.39, 0.29) is 16.4 Å². The zero-order valence-electron chi connectivity index (χ0n) is 17.3. The standard InChI is InChI=1S/C23H15Cl5FN3O2/c1-10-4-18(30-9-17(10)29)32-21(33)15-8-14(2-3-16(15)26)31-22(34)20-19(23(20,27)28)11-5-12(24)7-13(25)6-11/h2-9,19-20H,1H3,(H,31,34)(H,30,32,33)/t19-,20+/m0/s1. The normalized spacial score (nSPS) is 18.3. The summed E-state index contributed by atoms with van der Waals surface area (Å²) in [4.78, 5) is 29.5. The third-order valence-electron chi connectivity index (χ3n) is 5.35. The average molecular weight is 562 g/mol. The van der Waals surface area contributed by atoms with E-state index in [1.54, 1.807) is 25.1 Å². The number of aromatic nitrogens is 1. The topological polar surface area (TPSA) is 71.1 Å². The molecule has 176 valence electrons. The lowest BCUT2D eigenvalue weighted by Crippen LogP contribution is -2.18. The van der Waals surface area contributed by atoms with Gasteiger partial charge < -0.3 is 10.6 Å². The van der Waals surface area contributed by atoms with Gasteiger partial charge in [0.15, 0.2) is 0 Å². The first kappa shape index (κ1) is 25.0. The van der Waals surface area contributed by atoms with E-state index in [4.69, 9.17) is 58.0 Å². The summed E-state index contributed by atoms with van der Waals surface area (Å²) >= 11 is 31.1. The minimum absolute atomic E-state index is 0.0835. The van der Waals surface area contributed by atoms with E-state index in [9.17, 15) is 14.0 Å². The largest absolute Gasteiger partial charge is 0.326 e. The second-order valence-corrected chi connectivity index (χ2v) is 10.5. The van der Waals surface area contributed by atoms with Gasteiger partial charge in [-0.1, -0.05) is 34.8 Å². The predicted octanol–water partition coefficient (Wildman–Crippen LogP) is 7.27. The molecule has 2 N–H and O–H groups in total. The van der Waals surface area contributed by atoms with Crippen LogP contribution in [0.15, 0.2) is 48.7 Å². The van der Waals surface area contributed by atoms with Crippen LogP contribution in [0.4, 0.5) is 15.9 Å². The zero-order chi connectivity index (χ0) is 24.8. The molecule has 4 rings (SSSR count). The summed E-state index contributed by atoms with van der Waals surface area (Å²) in [5.74, 6) is -2.66. The summed E-state index contributed by atoms with van der Waals surface area (Å²) in [7, 11) is 0. The smallest absolute Gasteiger partial charge is 0.258 e. The molecule has 1 heterocycles. The Morgan fingerprint density at radius 2 is 1.68 bits per heavy atom. The second kappa shape index (κ2) is 9.51. The minimum atomic E-state index is -1.35. The van der Waals surface area contributed by atoms with Crippen molar-refractivity contribution in [3.05, 3.63) is 86.2 Å². The first-order chi connectivity index (χ1) is 16.0. The van der Waals surface area contributed by atoms with Crippen molar-refractivity contribution in [3.8, 4) is 0 Å². The molecule has 0 aliphatic heterocycles. The van der Waals surface area contributed by atoms with Gasteiger partial charge in [0.05, 0.1) is 22.7 Å². The van der Waals surface area contributed by atoms with Crippen LogP contribution in [-0.4, -0.2) is 21.1 Å². The zero-order valence-corrected chi connectivity index (χ0v) is 21.1. The minimum Gasteiger partial charge on any atom is -0.326 e. The highest BCUT2D eigenvalue weighted by atomic mass is 35.5. The van der Waals surface area contributed by atoms with Gasteiger partial charge >= 0.3 is 0 Å². The Hall–Kier alpha value is -2.09. The molecule has 1 fully saturated rings. The number of benzene rings is 2. The number of amides is 2. The molecule has 0 spiro atoms. The number of alkyl halides is 2. The Kier molecular flexibility index (Phi) is 7.00. The van der Waals surface area contributed by atoms with Crippen LogP contribution in [0.2, 0.25) is 15.1 Å². The van der Waals surface area contributed by atoms with Crippen molar-refractivity contribution in [2.24, 2.45) is 5.92 Å². The summed E-state index contributed by atoms with van der Waals surface area (Å²) in [6, 6.07) is 10.7. The van der Waals surface area contributed by atoms with Gasteiger partial charge in [-0.2, -0.15) is 0 Å². The maximum atomic E-state index is 13.4. The third-order valence-corrected chi connectivity index (χ3v) is 7.05. The van der Waals surface area contributed by atoms with Crippen LogP contribution >= 0.6 is 58.0 Å². The fourth-order valence-corrected chi connectivity index (χ4v) is 5.19. The highest BCUT2D eigenvalue weighted by Crippen LogP contribution is 2.65. The van der Waals surface area contributed by atoms with Gasteiger partial charge in [0.25, 0.3) is 5.91 Å². The van der Waals surface area contributed by atoms with E-state index in [1.807, 2.05) is 0 Å². The number of nitrogens with zero attached hydrogens (tertiary/aromatic N) is 1. The number of pyridine rings is 1. The van der Waals surface area contributed by atoms with Crippen LogP contribution < -0.4 is 10.6 Å². The molecular weight excluding hydrogens is 547 g/mol. The molecule has 3 aromatic rings. The summed E-state index contributed by atoms with van der Waals surface area (Å²) in [6.07, 6.45) is 1.01. The molecular formula is C23H15Cl5FN3O2. The van der Waals surface area contributed by atoms with Crippen LogP contribution in [0.3, 0.4) is 0 Å². The molecule has 0 radical (unpaired) electrons. The van der Waals surface area contributed by atoms with E-state index in [0.717, 1.165) is 6.20 Å². The first-order valence-corrected chi connectivity index (χ1v) is 11.7. The van der Waals surface area contributed by atoms with Crippen LogP contribution in [0.25, 0.3) is 0 Å².